The highest BCUT2D eigenvalue weighted by atomic mass is 19.4. The molecule has 0 fully saturated rings. The zero-order chi connectivity index (χ0) is 24.2. The van der Waals surface area contributed by atoms with Crippen LogP contribution in [0.4, 0.5) is 29.3 Å². The highest BCUT2D eigenvalue weighted by Crippen LogP contribution is 2.34. The standard InChI is InChI=1S/C23H18F3N3O4/c1-13-17(6-3-9-27-13)14-4-2-5-15(10-14)20(30)12-21(31)28-19-11-16(23(24,25)26)7-8-18(19)29-22(32)33/h2-11,29H,12H2,1H3,(H,28,31)(H,32,33). The van der Waals surface area contributed by atoms with Crippen LogP contribution in [-0.2, 0) is 11.0 Å². The molecule has 0 aliphatic rings. The van der Waals surface area contributed by atoms with Crippen molar-refractivity contribution in [2.24, 2.45) is 0 Å². The van der Waals surface area contributed by atoms with Gasteiger partial charge in [-0.2, -0.15) is 13.2 Å². The van der Waals surface area contributed by atoms with E-state index >= 15 is 0 Å². The van der Waals surface area contributed by atoms with Crippen LogP contribution >= 0.6 is 0 Å². The molecule has 2 amide bonds. The Labute approximate surface area is 186 Å². The SMILES string of the molecule is Cc1ncccc1-c1cccc(C(=O)CC(=O)Nc2cc(C(F)(F)F)ccc2NC(=O)O)c1. The van der Waals surface area contributed by atoms with Crippen molar-refractivity contribution in [1.82, 2.24) is 4.98 Å². The zero-order valence-electron chi connectivity index (χ0n) is 17.2. The third-order valence-corrected chi connectivity index (χ3v) is 4.69. The van der Waals surface area contributed by atoms with Crippen molar-refractivity contribution in [3.8, 4) is 11.1 Å². The van der Waals surface area contributed by atoms with Crippen LogP contribution in [-0.4, -0.2) is 27.9 Å². The summed E-state index contributed by atoms with van der Waals surface area (Å²) in [5.74, 6) is -1.45. The first kappa shape index (κ1) is 23.5. The van der Waals surface area contributed by atoms with Gasteiger partial charge in [0.25, 0.3) is 0 Å². The predicted molar refractivity (Wildman–Crippen MR) is 115 cm³/mol. The maximum atomic E-state index is 13.0. The first-order valence-corrected chi connectivity index (χ1v) is 9.61. The molecule has 0 unspecified atom stereocenters. The molecule has 0 spiro atoms. The van der Waals surface area contributed by atoms with Gasteiger partial charge in [0, 0.05) is 23.0 Å². The lowest BCUT2D eigenvalue weighted by Gasteiger charge is -2.14. The number of Topliss-reactive ketones (excluding diaryl/α,β-unsaturated/α-hetero) is 1. The van der Waals surface area contributed by atoms with E-state index in [2.05, 4.69) is 10.3 Å². The van der Waals surface area contributed by atoms with Crippen LogP contribution in [0, 0.1) is 6.92 Å². The van der Waals surface area contributed by atoms with Crippen LogP contribution in [0.2, 0.25) is 0 Å². The Balaban J connectivity index is 1.80. The average Bonchev–Trinajstić information content (AvgIpc) is 2.74. The number of aromatic nitrogens is 1. The Hall–Kier alpha value is -4.21. The van der Waals surface area contributed by atoms with Gasteiger partial charge in [0.2, 0.25) is 5.91 Å². The quantitative estimate of drug-likeness (QED) is 0.340. The minimum Gasteiger partial charge on any atom is -0.465 e. The molecule has 0 saturated heterocycles. The molecule has 3 rings (SSSR count). The summed E-state index contributed by atoms with van der Waals surface area (Å²) in [6.45, 7) is 1.81. The number of halogens is 3. The van der Waals surface area contributed by atoms with Crippen molar-refractivity contribution in [2.45, 2.75) is 19.5 Å². The van der Waals surface area contributed by atoms with Crippen LogP contribution < -0.4 is 10.6 Å². The number of benzene rings is 2. The van der Waals surface area contributed by atoms with Crippen molar-refractivity contribution in [1.29, 1.82) is 0 Å². The number of rotatable bonds is 6. The number of nitrogens with zero attached hydrogens (tertiary/aromatic N) is 1. The molecule has 3 N–H and O–H groups in total. The summed E-state index contributed by atoms with van der Waals surface area (Å²) in [5, 5.41) is 13.0. The molecule has 33 heavy (non-hydrogen) atoms. The number of carbonyl (C=O) groups excluding carboxylic acids is 2. The van der Waals surface area contributed by atoms with Crippen LogP contribution in [0.3, 0.4) is 0 Å². The van der Waals surface area contributed by atoms with Gasteiger partial charge in [-0.1, -0.05) is 24.3 Å². The normalized spacial score (nSPS) is 11.0. The third kappa shape index (κ3) is 5.94. The van der Waals surface area contributed by atoms with Crippen molar-refractivity contribution in [2.75, 3.05) is 10.6 Å². The number of hydrogen-bond donors (Lipinski definition) is 3. The van der Waals surface area contributed by atoms with Crippen LogP contribution in [0.5, 0.6) is 0 Å². The number of aryl methyl sites for hydroxylation is 1. The summed E-state index contributed by atoms with van der Waals surface area (Å²) in [7, 11) is 0. The summed E-state index contributed by atoms with van der Waals surface area (Å²) >= 11 is 0. The molecule has 170 valence electrons. The number of nitrogens with one attached hydrogen (secondary N) is 2. The smallest absolute Gasteiger partial charge is 0.416 e. The van der Waals surface area contributed by atoms with Gasteiger partial charge in [-0.3, -0.25) is 19.9 Å². The van der Waals surface area contributed by atoms with Gasteiger partial charge in [-0.15, -0.1) is 0 Å². The fourth-order valence-corrected chi connectivity index (χ4v) is 3.14. The number of alkyl halides is 3. The molecule has 2 aromatic carbocycles. The Morgan fingerprint density at radius 1 is 0.970 bits per heavy atom. The number of carboxylic acid groups (broad SMARTS) is 1. The zero-order valence-corrected chi connectivity index (χ0v) is 17.2. The summed E-state index contributed by atoms with van der Waals surface area (Å²) in [6, 6.07) is 12.3. The number of carbonyl (C=O) groups is 3. The Kier molecular flexibility index (Phi) is 6.76. The minimum absolute atomic E-state index is 0.235. The van der Waals surface area contributed by atoms with Crippen molar-refractivity contribution in [3.05, 3.63) is 77.6 Å². The van der Waals surface area contributed by atoms with E-state index in [1.165, 1.54) is 6.07 Å². The van der Waals surface area contributed by atoms with Gasteiger partial charge in [-0.25, -0.2) is 4.79 Å². The van der Waals surface area contributed by atoms with E-state index in [0.29, 0.717) is 12.1 Å². The first-order valence-electron chi connectivity index (χ1n) is 9.61. The van der Waals surface area contributed by atoms with Crippen molar-refractivity contribution >= 4 is 29.2 Å². The molecule has 1 heterocycles. The van der Waals surface area contributed by atoms with Crippen molar-refractivity contribution < 1.29 is 32.7 Å². The van der Waals surface area contributed by atoms with E-state index in [0.717, 1.165) is 22.9 Å². The molecule has 1 aromatic heterocycles. The summed E-state index contributed by atoms with van der Waals surface area (Å²) in [4.78, 5) is 40.2. The summed E-state index contributed by atoms with van der Waals surface area (Å²) in [6.07, 6.45) is -5.25. The number of anilines is 2. The molecular formula is C23H18F3N3O4. The maximum absolute atomic E-state index is 13.0. The lowest BCUT2D eigenvalue weighted by Crippen LogP contribution is -2.19. The lowest BCUT2D eigenvalue weighted by molar-refractivity contribution is -0.137. The monoisotopic (exact) mass is 457 g/mol. The molecule has 0 bridgehead atoms. The Morgan fingerprint density at radius 3 is 2.39 bits per heavy atom. The number of pyridine rings is 1. The van der Waals surface area contributed by atoms with Crippen LogP contribution in [0.25, 0.3) is 11.1 Å². The molecule has 0 radical (unpaired) electrons. The van der Waals surface area contributed by atoms with Gasteiger partial charge < -0.3 is 10.4 Å². The molecule has 10 heteroatoms. The fraction of sp³-hybridized carbons (Fsp3) is 0.130. The second kappa shape index (κ2) is 9.51. The van der Waals surface area contributed by atoms with E-state index in [9.17, 15) is 27.6 Å². The topological polar surface area (TPSA) is 108 Å². The largest absolute Gasteiger partial charge is 0.465 e. The Morgan fingerprint density at radius 2 is 1.73 bits per heavy atom. The summed E-state index contributed by atoms with van der Waals surface area (Å²) < 4.78 is 39.1. The van der Waals surface area contributed by atoms with E-state index in [1.807, 2.05) is 18.3 Å². The maximum Gasteiger partial charge on any atom is 0.416 e. The van der Waals surface area contributed by atoms with Crippen LogP contribution in [0.1, 0.15) is 28.0 Å². The second-order valence-electron chi connectivity index (χ2n) is 7.05. The lowest BCUT2D eigenvalue weighted by atomic mass is 9.99. The van der Waals surface area contributed by atoms with Gasteiger partial charge >= 0.3 is 12.3 Å². The highest BCUT2D eigenvalue weighted by Gasteiger charge is 2.31. The summed E-state index contributed by atoms with van der Waals surface area (Å²) in [5.41, 5.74) is 0.763. The second-order valence-corrected chi connectivity index (χ2v) is 7.05. The predicted octanol–water partition coefficient (Wildman–Crippen LogP) is 5.38. The molecule has 0 aliphatic heterocycles. The minimum atomic E-state index is -4.71. The number of ketones is 1. The van der Waals surface area contributed by atoms with Gasteiger partial charge in [-0.05, 0) is 42.8 Å². The third-order valence-electron chi connectivity index (χ3n) is 4.69. The Bertz CT molecular complexity index is 1230. The van der Waals surface area contributed by atoms with Crippen LogP contribution in [0.15, 0.2) is 60.8 Å². The number of hydrogen-bond acceptors (Lipinski definition) is 4. The average molecular weight is 457 g/mol. The number of amides is 2. The molecule has 7 nitrogen and oxygen atoms in total. The molecule has 0 aliphatic carbocycles. The molecular weight excluding hydrogens is 439 g/mol. The molecule has 0 atom stereocenters. The van der Waals surface area contributed by atoms with Gasteiger partial charge in [0.05, 0.1) is 23.4 Å². The fourth-order valence-electron chi connectivity index (χ4n) is 3.14. The highest BCUT2D eigenvalue weighted by molar-refractivity contribution is 6.12. The van der Waals surface area contributed by atoms with E-state index < -0.39 is 41.6 Å². The van der Waals surface area contributed by atoms with Gasteiger partial charge in [0.15, 0.2) is 5.78 Å². The van der Waals surface area contributed by atoms with Gasteiger partial charge in [0.1, 0.15) is 0 Å². The van der Waals surface area contributed by atoms with E-state index in [-0.39, 0.29) is 11.3 Å². The molecule has 0 saturated carbocycles. The van der Waals surface area contributed by atoms with E-state index in [4.69, 9.17) is 5.11 Å². The van der Waals surface area contributed by atoms with E-state index in [1.54, 1.807) is 30.5 Å². The first-order chi connectivity index (χ1) is 15.5. The van der Waals surface area contributed by atoms with Crippen molar-refractivity contribution in [3.63, 3.8) is 0 Å². The molecule has 3 aromatic rings.